The van der Waals surface area contributed by atoms with Crippen LogP contribution in [-0.2, 0) is 17.6 Å². The van der Waals surface area contributed by atoms with Crippen molar-refractivity contribution in [2.45, 2.75) is 19.3 Å². The van der Waals surface area contributed by atoms with Crippen LogP contribution in [0.4, 0.5) is 10.2 Å². The minimum absolute atomic E-state index is 0.0933. The van der Waals surface area contributed by atoms with Crippen LogP contribution in [0, 0.1) is 11.7 Å². The summed E-state index contributed by atoms with van der Waals surface area (Å²) in [7, 11) is 1.62. The van der Waals surface area contributed by atoms with E-state index in [1.165, 1.54) is 29.2 Å². The molecule has 1 aliphatic rings. The molecule has 0 aliphatic heterocycles. The van der Waals surface area contributed by atoms with E-state index in [9.17, 15) is 23.9 Å². The van der Waals surface area contributed by atoms with E-state index in [1.54, 1.807) is 25.4 Å². The molecule has 9 heteroatoms. The summed E-state index contributed by atoms with van der Waals surface area (Å²) in [6.07, 6.45) is 2.53. The molecule has 40 heavy (non-hydrogen) atoms. The van der Waals surface area contributed by atoms with Gasteiger partial charge in [0.15, 0.2) is 5.78 Å². The number of amides is 2. The molecule has 0 bridgehead atoms. The lowest BCUT2D eigenvalue weighted by molar-refractivity contribution is -0.134. The topological polar surface area (TPSA) is 115 Å². The van der Waals surface area contributed by atoms with Gasteiger partial charge < -0.3 is 20.3 Å². The minimum atomic E-state index is -0.518. The predicted molar refractivity (Wildman–Crippen MR) is 148 cm³/mol. The number of halogens is 1. The maximum absolute atomic E-state index is 13.5. The fourth-order valence-corrected chi connectivity index (χ4v) is 5.14. The van der Waals surface area contributed by atoms with Gasteiger partial charge in [0.2, 0.25) is 5.91 Å². The Balaban J connectivity index is 1.50. The van der Waals surface area contributed by atoms with E-state index in [-0.39, 0.29) is 31.3 Å². The lowest BCUT2D eigenvalue weighted by atomic mass is 9.83. The number of nitrogens with one attached hydrogen (secondary N) is 2. The fraction of sp³-hybridized carbons (Fsp3) is 0.226. The van der Waals surface area contributed by atoms with Gasteiger partial charge in [-0.05, 0) is 47.5 Å². The number of benzene rings is 2. The number of hydrogen-bond acceptors (Lipinski definition) is 5. The number of Topliss-reactive ketones (excluding diaryl/α,β-unsaturated/α-hetero) is 1. The molecule has 1 unspecified atom stereocenters. The summed E-state index contributed by atoms with van der Waals surface area (Å²) >= 11 is 0. The van der Waals surface area contributed by atoms with Crippen LogP contribution in [0.3, 0.4) is 0 Å². The molecule has 1 atom stereocenters. The first-order valence-corrected chi connectivity index (χ1v) is 13.0. The molecule has 2 aromatic heterocycles. The van der Waals surface area contributed by atoms with Crippen molar-refractivity contribution in [1.82, 2.24) is 14.9 Å². The Bertz CT molecular complexity index is 1550. The third-order valence-electron chi connectivity index (χ3n) is 7.12. The van der Waals surface area contributed by atoms with Crippen molar-refractivity contribution in [3.05, 3.63) is 107 Å². The first-order chi connectivity index (χ1) is 19.3. The highest BCUT2D eigenvalue weighted by Crippen LogP contribution is 2.37. The van der Waals surface area contributed by atoms with E-state index < -0.39 is 17.6 Å². The predicted octanol–water partition coefficient (Wildman–Crippen LogP) is 4.25. The molecule has 0 radical (unpaired) electrons. The van der Waals surface area contributed by atoms with Crippen molar-refractivity contribution >= 4 is 23.4 Å². The molecule has 0 fully saturated rings. The van der Waals surface area contributed by atoms with E-state index in [0.717, 1.165) is 22.4 Å². The fourth-order valence-electron chi connectivity index (χ4n) is 5.14. The van der Waals surface area contributed by atoms with Gasteiger partial charge in [0.05, 0.1) is 18.2 Å². The normalized spacial score (nSPS) is 14.5. The SMILES string of the molecule is CN(CCO)C(=O)C1CC(=O)c2c([nH]c(-c3ccnc(NC(=O)c4ccc(F)cc4)c3)c2Cc2ccccc2)C1. The van der Waals surface area contributed by atoms with E-state index >= 15 is 0 Å². The van der Waals surface area contributed by atoms with Crippen LogP contribution in [0.25, 0.3) is 11.3 Å². The highest BCUT2D eigenvalue weighted by atomic mass is 19.1. The summed E-state index contributed by atoms with van der Waals surface area (Å²) < 4.78 is 13.3. The smallest absolute Gasteiger partial charge is 0.256 e. The third kappa shape index (κ3) is 5.69. The minimum Gasteiger partial charge on any atom is -0.395 e. The van der Waals surface area contributed by atoms with Gasteiger partial charge in [-0.3, -0.25) is 14.4 Å². The summed E-state index contributed by atoms with van der Waals surface area (Å²) in [5.74, 6) is -1.36. The Morgan fingerprint density at radius 2 is 1.85 bits per heavy atom. The summed E-state index contributed by atoms with van der Waals surface area (Å²) in [6.45, 7) is 0.0547. The maximum atomic E-state index is 13.5. The summed E-state index contributed by atoms with van der Waals surface area (Å²) in [5.41, 5.74) is 4.88. The summed E-state index contributed by atoms with van der Waals surface area (Å²) in [5, 5.41) is 12.0. The Hall–Kier alpha value is -4.63. The second-order valence-corrected chi connectivity index (χ2v) is 9.90. The number of ketones is 1. The molecule has 0 saturated carbocycles. The van der Waals surface area contributed by atoms with E-state index in [1.807, 2.05) is 30.3 Å². The van der Waals surface area contributed by atoms with E-state index in [2.05, 4.69) is 15.3 Å². The van der Waals surface area contributed by atoms with Crippen LogP contribution in [-0.4, -0.2) is 57.8 Å². The van der Waals surface area contributed by atoms with Gasteiger partial charge >= 0.3 is 0 Å². The summed E-state index contributed by atoms with van der Waals surface area (Å²) in [6, 6.07) is 18.5. The zero-order chi connectivity index (χ0) is 28.2. The number of anilines is 1. The lowest BCUT2D eigenvalue weighted by Gasteiger charge is -2.26. The second-order valence-electron chi connectivity index (χ2n) is 9.90. The molecule has 204 valence electrons. The number of likely N-dealkylation sites (N-methyl/N-ethyl adjacent to an activating group) is 1. The molecule has 1 aliphatic carbocycles. The van der Waals surface area contributed by atoms with Gasteiger partial charge in [-0.2, -0.15) is 0 Å². The molecule has 3 N–H and O–H groups in total. The van der Waals surface area contributed by atoms with E-state index in [4.69, 9.17) is 0 Å². The zero-order valence-electron chi connectivity index (χ0n) is 22.0. The first kappa shape index (κ1) is 27.0. The third-order valence-corrected chi connectivity index (χ3v) is 7.12. The van der Waals surface area contributed by atoms with Crippen LogP contribution < -0.4 is 5.32 Å². The highest BCUT2D eigenvalue weighted by molar-refractivity contribution is 6.05. The number of hydrogen-bond donors (Lipinski definition) is 3. The van der Waals surface area contributed by atoms with Crippen molar-refractivity contribution < 1.29 is 23.9 Å². The Kier molecular flexibility index (Phi) is 7.84. The standard InChI is InChI=1S/C31H29FN4O4/c1-36(13-14-37)31(40)22-16-25-28(26(38)17-22)24(15-19-5-3-2-4-6-19)29(34-25)21-11-12-33-27(18-21)35-30(39)20-7-9-23(32)10-8-20/h2-12,18,22,34,37H,13-17H2,1H3,(H,33,35,39). The van der Waals surface area contributed by atoms with Gasteiger partial charge in [0.1, 0.15) is 11.6 Å². The van der Waals surface area contributed by atoms with Gasteiger partial charge in [-0.15, -0.1) is 0 Å². The molecular weight excluding hydrogens is 511 g/mol. The van der Waals surface area contributed by atoms with Gasteiger partial charge in [-0.25, -0.2) is 9.37 Å². The number of fused-ring (bicyclic) bond motifs is 1. The second kappa shape index (κ2) is 11.6. The number of aromatic amines is 1. The van der Waals surface area contributed by atoms with Crippen molar-refractivity contribution in [1.29, 1.82) is 0 Å². The monoisotopic (exact) mass is 540 g/mol. The van der Waals surface area contributed by atoms with Crippen molar-refractivity contribution in [3.63, 3.8) is 0 Å². The molecule has 2 amide bonds. The van der Waals surface area contributed by atoms with Crippen LogP contribution in [0.1, 0.15) is 44.0 Å². The summed E-state index contributed by atoms with van der Waals surface area (Å²) in [4.78, 5) is 48.3. The molecule has 8 nitrogen and oxygen atoms in total. The zero-order valence-corrected chi connectivity index (χ0v) is 22.0. The average molecular weight is 541 g/mol. The van der Waals surface area contributed by atoms with Crippen molar-refractivity contribution in [2.75, 3.05) is 25.5 Å². The lowest BCUT2D eigenvalue weighted by Crippen LogP contribution is -2.38. The number of aromatic nitrogens is 2. The van der Waals surface area contributed by atoms with Gasteiger partial charge in [0.25, 0.3) is 5.91 Å². The molecule has 4 aromatic rings. The van der Waals surface area contributed by atoms with Crippen LogP contribution in [0.15, 0.2) is 72.9 Å². The van der Waals surface area contributed by atoms with Crippen molar-refractivity contribution in [3.8, 4) is 11.3 Å². The van der Waals surface area contributed by atoms with Crippen LogP contribution in [0.2, 0.25) is 0 Å². The quantitative estimate of drug-likeness (QED) is 0.309. The number of carbonyl (C=O) groups excluding carboxylic acids is 3. The highest BCUT2D eigenvalue weighted by Gasteiger charge is 2.35. The molecule has 0 spiro atoms. The van der Waals surface area contributed by atoms with E-state index in [0.29, 0.717) is 35.5 Å². The molecule has 2 aromatic carbocycles. The molecule has 2 heterocycles. The van der Waals surface area contributed by atoms with Crippen molar-refractivity contribution in [2.24, 2.45) is 5.92 Å². The van der Waals surface area contributed by atoms with Crippen LogP contribution >= 0.6 is 0 Å². The molecule has 5 rings (SSSR count). The molecular formula is C31H29FN4O4. The number of pyridine rings is 1. The first-order valence-electron chi connectivity index (χ1n) is 13.0. The number of aliphatic hydroxyl groups excluding tert-OH is 1. The largest absolute Gasteiger partial charge is 0.395 e. The number of H-pyrrole nitrogens is 1. The number of nitrogens with zero attached hydrogens (tertiary/aromatic N) is 2. The van der Waals surface area contributed by atoms with Crippen LogP contribution in [0.5, 0.6) is 0 Å². The number of aliphatic hydroxyl groups is 1. The van der Waals surface area contributed by atoms with Gasteiger partial charge in [0, 0.05) is 61.4 Å². The number of carbonyl (C=O) groups is 3. The average Bonchev–Trinajstić information content (AvgIpc) is 3.32. The Labute approximate surface area is 230 Å². The Morgan fingerprint density at radius 1 is 1.10 bits per heavy atom. The maximum Gasteiger partial charge on any atom is 0.256 e. The molecule has 0 saturated heterocycles. The van der Waals surface area contributed by atoms with Gasteiger partial charge in [-0.1, -0.05) is 30.3 Å². The number of rotatable bonds is 8. The Morgan fingerprint density at radius 3 is 2.58 bits per heavy atom.